The van der Waals surface area contributed by atoms with Crippen LogP contribution in [0.2, 0.25) is 0 Å². The lowest BCUT2D eigenvalue weighted by atomic mass is 10.0. The van der Waals surface area contributed by atoms with Crippen molar-refractivity contribution in [3.8, 4) is 0 Å². The third-order valence-electron chi connectivity index (χ3n) is 3.38. The molecule has 0 spiro atoms. The van der Waals surface area contributed by atoms with E-state index in [9.17, 15) is 9.59 Å². The Bertz CT molecular complexity index is 688. The second-order valence-corrected chi connectivity index (χ2v) is 5.78. The number of para-hydroxylation sites is 2. The van der Waals surface area contributed by atoms with Crippen molar-refractivity contribution in [1.82, 2.24) is 0 Å². The predicted octanol–water partition coefficient (Wildman–Crippen LogP) is 3.07. The molecule has 0 aromatic heterocycles. The Labute approximate surface area is 130 Å². The number of benzene rings is 2. The zero-order valence-corrected chi connectivity index (χ0v) is 12.6. The summed E-state index contributed by atoms with van der Waals surface area (Å²) in [6.45, 7) is 0. The molecule has 2 aromatic carbocycles. The van der Waals surface area contributed by atoms with Crippen LogP contribution in [0.5, 0.6) is 0 Å². The van der Waals surface area contributed by atoms with Crippen molar-refractivity contribution in [1.29, 1.82) is 0 Å². The molecule has 4 nitrogen and oxygen atoms in total. The summed E-state index contributed by atoms with van der Waals surface area (Å²) < 4.78 is 0. The standard InChI is InChI=1S/C16H13BrN2O2/c17-13(15(20)10-6-2-1-3-7-10)14-16(21)19-12-9-5-4-8-11(12)18-14/h1-9,13-14,18H,(H,19,21). The molecule has 2 unspecified atom stereocenters. The highest BCUT2D eigenvalue weighted by molar-refractivity contribution is 9.10. The maximum atomic E-state index is 12.4. The molecule has 2 aromatic rings. The van der Waals surface area contributed by atoms with Crippen LogP contribution in [0.15, 0.2) is 54.6 Å². The van der Waals surface area contributed by atoms with Crippen molar-refractivity contribution in [2.24, 2.45) is 0 Å². The number of hydrogen-bond donors (Lipinski definition) is 2. The van der Waals surface area contributed by atoms with Crippen molar-refractivity contribution < 1.29 is 9.59 Å². The van der Waals surface area contributed by atoms with Gasteiger partial charge in [-0.15, -0.1) is 0 Å². The van der Waals surface area contributed by atoms with Gasteiger partial charge in [-0.1, -0.05) is 58.4 Å². The molecule has 0 radical (unpaired) electrons. The summed E-state index contributed by atoms with van der Waals surface area (Å²) in [5.74, 6) is -0.345. The number of rotatable bonds is 3. The first kappa shape index (κ1) is 13.8. The molecule has 2 N–H and O–H groups in total. The fourth-order valence-corrected chi connectivity index (χ4v) is 2.92. The van der Waals surface area contributed by atoms with Crippen molar-refractivity contribution in [3.63, 3.8) is 0 Å². The molecule has 1 heterocycles. The van der Waals surface area contributed by atoms with Gasteiger partial charge < -0.3 is 10.6 Å². The van der Waals surface area contributed by atoms with Crippen molar-refractivity contribution in [2.75, 3.05) is 10.6 Å². The third kappa shape index (κ3) is 2.69. The average Bonchev–Trinajstić information content (AvgIpc) is 2.53. The van der Waals surface area contributed by atoms with Gasteiger partial charge in [-0.05, 0) is 12.1 Å². The Hall–Kier alpha value is -2.14. The van der Waals surface area contributed by atoms with E-state index in [0.29, 0.717) is 5.56 Å². The van der Waals surface area contributed by atoms with Crippen LogP contribution in [0.3, 0.4) is 0 Å². The van der Waals surface area contributed by atoms with Crippen LogP contribution in [-0.4, -0.2) is 22.6 Å². The Kier molecular flexibility index (Phi) is 3.75. The van der Waals surface area contributed by atoms with E-state index in [4.69, 9.17) is 0 Å². The maximum Gasteiger partial charge on any atom is 0.248 e. The molecule has 0 aliphatic carbocycles. The van der Waals surface area contributed by atoms with Crippen LogP contribution in [0.4, 0.5) is 11.4 Å². The predicted molar refractivity (Wildman–Crippen MR) is 86.0 cm³/mol. The number of carbonyl (C=O) groups excluding carboxylic acids is 2. The minimum atomic E-state index is -0.646. The summed E-state index contributed by atoms with van der Waals surface area (Å²) in [6.07, 6.45) is 0. The van der Waals surface area contributed by atoms with Gasteiger partial charge in [0.05, 0.1) is 11.4 Å². The van der Waals surface area contributed by atoms with E-state index in [1.807, 2.05) is 30.3 Å². The highest BCUT2D eigenvalue weighted by atomic mass is 79.9. The molecular weight excluding hydrogens is 332 g/mol. The number of Topliss-reactive ketones (excluding diaryl/α,β-unsaturated/α-hetero) is 1. The number of anilines is 2. The van der Waals surface area contributed by atoms with E-state index in [-0.39, 0.29) is 11.7 Å². The Morgan fingerprint density at radius 1 is 1.00 bits per heavy atom. The number of alkyl halides is 1. The largest absolute Gasteiger partial charge is 0.371 e. The molecule has 0 bridgehead atoms. The van der Waals surface area contributed by atoms with Gasteiger partial charge in [0.2, 0.25) is 5.91 Å². The van der Waals surface area contributed by atoms with Crippen molar-refractivity contribution >= 4 is 39.0 Å². The molecule has 0 saturated carbocycles. The van der Waals surface area contributed by atoms with E-state index >= 15 is 0 Å². The zero-order valence-electron chi connectivity index (χ0n) is 11.0. The van der Waals surface area contributed by atoms with Crippen LogP contribution in [0.25, 0.3) is 0 Å². The highest BCUT2D eigenvalue weighted by Crippen LogP contribution is 2.29. The highest BCUT2D eigenvalue weighted by Gasteiger charge is 2.35. The quantitative estimate of drug-likeness (QED) is 0.664. The van der Waals surface area contributed by atoms with Crippen LogP contribution >= 0.6 is 15.9 Å². The summed E-state index contributed by atoms with van der Waals surface area (Å²) in [5.41, 5.74) is 2.12. The minimum Gasteiger partial charge on any atom is -0.371 e. The monoisotopic (exact) mass is 344 g/mol. The first-order valence-electron chi connectivity index (χ1n) is 6.56. The van der Waals surface area contributed by atoms with E-state index < -0.39 is 10.9 Å². The van der Waals surface area contributed by atoms with Crippen molar-refractivity contribution in [2.45, 2.75) is 10.9 Å². The molecule has 1 aliphatic rings. The van der Waals surface area contributed by atoms with Gasteiger partial charge in [-0.3, -0.25) is 9.59 Å². The number of amides is 1. The fourth-order valence-electron chi connectivity index (χ4n) is 2.28. The first-order chi connectivity index (χ1) is 10.2. The van der Waals surface area contributed by atoms with Crippen LogP contribution in [-0.2, 0) is 4.79 Å². The molecule has 5 heteroatoms. The number of hydrogen-bond acceptors (Lipinski definition) is 3. The smallest absolute Gasteiger partial charge is 0.248 e. The fraction of sp³-hybridized carbons (Fsp3) is 0.125. The average molecular weight is 345 g/mol. The van der Waals surface area contributed by atoms with Gasteiger partial charge in [-0.25, -0.2) is 0 Å². The van der Waals surface area contributed by atoms with Gasteiger partial charge in [0.25, 0.3) is 0 Å². The number of halogens is 1. The lowest BCUT2D eigenvalue weighted by Crippen LogP contribution is -2.47. The molecule has 21 heavy (non-hydrogen) atoms. The molecular formula is C16H13BrN2O2. The summed E-state index contributed by atoms with van der Waals surface area (Å²) in [4.78, 5) is 24.0. The van der Waals surface area contributed by atoms with Crippen LogP contribution in [0.1, 0.15) is 10.4 Å². The molecule has 2 atom stereocenters. The van der Waals surface area contributed by atoms with E-state index in [1.165, 1.54) is 0 Å². The second-order valence-electron chi connectivity index (χ2n) is 4.79. The topological polar surface area (TPSA) is 58.2 Å². The number of ketones is 1. The maximum absolute atomic E-state index is 12.4. The summed E-state index contributed by atoms with van der Waals surface area (Å²) in [6, 6.07) is 15.7. The van der Waals surface area contributed by atoms with Gasteiger partial charge in [-0.2, -0.15) is 0 Å². The van der Waals surface area contributed by atoms with Crippen LogP contribution in [0, 0.1) is 0 Å². The SMILES string of the molecule is O=C(c1ccccc1)C(Br)C1Nc2ccccc2NC1=O. The van der Waals surface area contributed by atoms with Gasteiger partial charge in [0.1, 0.15) is 10.9 Å². The zero-order chi connectivity index (χ0) is 14.8. The summed E-state index contributed by atoms with van der Waals surface area (Å²) in [7, 11) is 0. The first-order valence-corrected chi connectivity index (χ1v) is 7.48. The number of carbonyl (C=O) groups is 2. The summed E-state index contributed by atoms with van der Waals surface area (Å²) >= 11 is 3.36. The molecule has 0 fully saturated rings. The lowest BCUT2D eigenvalue weighted by Gasteiger charge is -2.29. The summed E-state index contributed by atoms with van der Waals surface area (Å²) in [5, 5.41) is 5.93. The molecule has 106 valence electrons. The van der Waals surface area contributed by atoms with Crippen molar-refractivity contribution in [3.05, 3.63) is 60.2 Å². The lowest BCUT2D eigenvalue weighted by molar-refractivity contribution is -0.116. The van der Waals surface area contributed by atoms with E-state index in [2.05, 4.69) is 26.6 Å². The molecule has 1 aliphatic heterocycles. The van der Waals surface area contributed by atoms with Crippen LogP contribution < -0.4 is 10.6 Å². The van der Waals surface area contributed by atoms with Gasteiger partial charge in [0.15, 0.2) is 5.78 Å². The number of nitrogens with one attached hydrogen (secondary N) is 2. The van der Waals surface area contributed by atoms with E-state index in [0.717, 1.165) is 11.4 Å². The molecule has 1 amide bonds. The Morgan fingerprint density at radius 3 is 2.33 bits per heavy atom. The second kappa shape index (κ2) is 5.69. The number of fused-ring (bicyclic) bond motifs is 1. The normalized spacial score (nSPS) is 18.1. The Balaban J connectivity index is 1.84. The minimum absolute atomic E-state index is 0.123. The Morgan fingerprint density at radius 2 is 1.62 bits per heavy atom. The van der Waals surface area contributed by atoms with E-state index in [1.54, 1.807) is 24.3 Å². The molecule has 3 rings (SSSR count). The van der Waals surface area contributed by atoms with Gasteiger partial charge >= 0.3 is 0 Å². The third-order valence-corrected chi connectivity index (χ3v) is 4.32. The molecule has 0 saturated heterocycles. The van der Waals surface area contributed by atoms with Gasteiger partial charge in [0, 0.05) is 5.56 Å².